The first-order valence-corrected chi connectivity index (χ1v) is 39.0. The molecule has 0 radical (unpaired) electrons. The second kappa shape index (κ2) is 5.50. The molecule has 0 aromatic heterocycles. The van der Waals surface area contributed by atoms with Gasteiger partial charge in [0.1, 0.15) is 0 Å². The van der Waals surface area contributed by atoms with E-state index in [0.29, 0.717) is 0 Å². The lowest BCUT2D eigenvalue weighted by atomic mass is 9.54. The van der Waals surface area contributed by atoms with Gasteiger partial charge in [0.2, 0.25) is 0 Å². The number of hydrogen-bond donors (Lipinski definition) is 0. The van der Waals surface area contributed by atoms with Crippen molar-refractivity contribution in [3.63, 3.8) is 0 Å². The third-order valence-electron chi connectivity index (χ3n) is 57.9. The van der Waals surface area contributed by atoms with Gasteiger partial charge in [-0.25, -0.2) is 0 Å². The van der Waals surface area contributed by atoms with Crippen LogP contribution in [-0.2, 0) is 0 Å². The van der Waals surface area contributed by atoms with Crippen molar-refractivity contribution in [1.29, 1.82) is 0 Å². The molecule has 0 aromatic rings. The topological polar surface area (TPSA) is 0 Å². The van der Waals surface area contributed by atoms with E-state index in [4.69, 9.17) is 0 Å². The monoisotopic (exact) mass is 1010 g/mol. The summed E-state index contributed by atoms with van der Waals surface area (Å²) >= 11 is 0. The predicted octanol–water partition coefficient (Wildman–Crippen LogP) is 8.45. The van der Waals surface area contributed by atoms with Gasteiger partial charge in [0.05, 0.1) is 0 Å². The van der Waals surface area contributed by atoms with Crippen molar-refractivity contribution in [2.45, 2.75) is 26.7 Å². The summed E-state index contributed by atoms with van der Waals surface area (Å²) in [7, 11) is 0. The van der Waals surface area contributed by atoms with E-state index < -0.39 is 0 Å². The van der Waals surface area contributed by atoms with Crippen LogP contribution in [0.1, 0.15) is 26.7 Å². The van der Waals surface area contributed by atoms with E-state index in [1.165, 1.54) is 320 Å². The first kappa shape index (κ1) is 30.3. The Kier molecular flexibility index (Phi) is 2.11. The van der Waals surface area contributed by atoms with Crippen molar-refractivity contribution in [2.24, 2.45) is 433 Å². The maximum absolute atomic E-state index is 2.76. The highest BCUT2D eigenvalue weighted by atomic mass is 15.4. The molecular weight excluding hydrogens is 949 g/mol. The molecular formula is C79H64. The van der Waals surface area contributed by atoms with E-state index in [-0.39, 0.29) is 0 Å². The molecule has 0 aliphatic heterocycles. The van der Waals surface area contributed by atoms with Crippen molar-refractivity contribution < 1.29 is 0 Å². The summed E-state index contributed by atoms with van der Waals surface area (Å²) in [6.45, 7) is 5.51. The molecule has 0 amide bonds. The quantitative estimate of drug-likeness (QED) is 0.229. The second-order valence-corrected chi connectivity index (χ2v) is 49.8. The Morgan fingerprint density at radius 2 is 0.278 bits per heavy atom. The van der Waals surface area contributed by atoms with Crippen LogP contribution in [0.15, 0.2) is 0 Å². The van der Waals surface area contributed by atoms with Crippen molar-refractivity contribution in [2.75, 3.05) is 0 Å². The molecule has 0 heterocycles. The van der Waals surface area contributed by atoms with Gasteiger partial charge >= 0.3 is 0 Å². The van der Waals surface area contributed by atoms with Gasteiger partial charge in [-0.1, -0.05) is 13.8 Å². The average Bonchev–Trinajstić information content (AvgIpc) is 1.30. The van der Waals surface area contributed by atoms with Crippen molar-refractivity contribution in [3.05, 3.63) is 0 Å². The van der Waals surface area contributed by atoms with Crippen molar-refractivity contribution in [1.82, 2.24) is 0 Å². The van der Waals surface area contributed by atoms with E-state index in [9.17, 15) is 0 Å². The largest absolute Gasteiger partial charge is 0.0593 e. The molecule has 48 fully saturated rings. The molecule has 0 aromatic carbocycles. The van der Waals surface area contributed by atoms with Crippen LogP contribution in [0.5, 0.6) is 0 Å². The maximum atomic E-state index is 2.76. The molecule has 54 unspecified atom stereocenters. The van der Waals surface area contributed by atoms with E-state index in [0.717, 1.165) is 114 Å². The SMILES string of the molecule is CC1(C)C2C3C4C5C46C(C4C1C342)C6C51C2C3C4C5C46C(C4C1C342)C6C51C2C3C4C5C46C(C4C1C342)C6C51C2C3C4C5C46C(C4C1C342)C6C51C2C3C4C5C46C(C4C1C342)C6C51C2C3C4C5C46C(C4C1C342)C6C51C2C3C4CC45CC5C4C1C342. The Balaban J connectivity index is 0.355. The number of hydrogen-bond acceptors (Lipinski definition) is 0. The molecule has 48 rings (SSSR count). The molecule has 48 aliphatic rings. The number of rotatable bonds is 0. The normalized spacial score (nSPS) is 124. The maximum Gasteiger partial charge on any atom is -0.0150 e. The summed E-state index contributed by atoms with van der Waals surface area (Å²) in [5.41, 5.74) is 22.1. The van der Waals surface area contributed by atoms with Crippen molar-refractivity contribution >= 4 is 0 Å². The molecule has 0 heteroatoms. The lowest BCUT2D eigenvalue weighted by Gasteiger charge is -2.50. The van der Waals surface area contributed by atoms with Crippen LogP contribution >= 0.6 is 0 Å². The van der Waals surface area contributed by atoms with Crippen LogP contribution in [0, 0.1) is 433 Å². The van der Waals surface area contributed by atoms with Crippen LogP contribution in [0.25, 0.3) is 0 Å². The van der Waals surface area contributed by atoms with Crippen LogP contribution in [0.3, 0.4) is 0 Å². The first-order valence-electron chi connectivity index (χ1n) is 39.0. The zero-order valence-corrected chi connectivity index (χ0v) is 45.1. The second-order valence-electron chi connectivity index (χ2n) is 49.8. The summed E-state index contributed by atoms with van der Waals surface area (Å²) in [5.74, 6) is 74.1. The fraction of sp³-hybridized carbons (Fsp3) is 1.00. The third kappa shape index (κ3) is 1.28. The minimum Gasteiger partial charge on any atom is -0.0593 e. The molecule has 48 saturated carbocycles. The lowest BCUT2D eigenvalue weighted by Crippen LogP contribution is -2.47. The molecule has 0 nitrogen and oxygen atoms in total. The van der Waals surface area contributed by atoms with Gasteiger partial charge in [0.15, 0.2) is 0 Å². The van der Waals surface area contributed by atoms with Crippen LogP contribution in [-0.4, -0.2) is 0 Å². The van der Waals surface area contributed by atoms with Gasteiger partial charge in [-0.15, -0.1) is 0 Å². The van der Waals surface area contributed by atoms with E-state index in [1.807, 2.05) is 0 Å². The van der Waals surface area contributed by atoms with Crippen LogP contribution < -0.4 is 0 Å². The van der Waals surface area contributed by atoms with E-state index >= 15 is 0 Å². The van der Waals surface area contributed by atoms with Crippen LogP contribution in [0.4, 0.5) is 0 Å². The summed E-state index contributed by atoms with van der Waals surface area (Å²) < 4.78 is 0. The Morgan fingerprint density at radius 1 is 0.152 bits per heavy atom. The zero-order valence-electron chi connectivity index (χ0n) is 45.1. The molecule has 0 bridgehead atoms. The Morgan fingerprint density at radius 3 is 0.456 bits per heavy atom. The summed E-state index contributed by atoms with van der Waals surface area (Å²) in [6, 6.07) is 0. The summed E-state index contributed by atoms with van der Waals surface area (Å²) in [4.78, 5) is 0. The highest BCUT2D eigenvalue weighted by molar-refractivity contribution is 5.80. The molecule has 54 atom stereocenters. The minimum absolute atomic E-state index is 0.779. The van der Waals surface area contributed by atoms with Crippen molar-refractivity contribution in [3.8, 4) is 0 Å². The van der Waals surface area contributed by atoms with Gasteiger partial charge in [-0.05, 0) is 446 Å². The van der Waals surface area contributed by atoms with Gasteiger partial charge < -0.3 is 0 Å². The summed E-state index contributed by atoms with van der Waals surface area (Å²) in [5, 5.41) is 0. The average molecular weight is 1010 g/mol. The molecule has 0 N–H and O–H groups in total. The first-order chi connectivity index (χ1) is 39.0. The molecule has 20 spiro atoms. The minimum atomic E-state index is 0.779. The van der Waals surface area contributed by atoms with Gasteiger partial charge in [-0.3, -0.25) is 0 Å². The van der Waals surface area contributed by atoms with E-state index in [1.54, 1.807) is 12.8 Å². The third-order valence-corrected chi connectivity index (χ3v) is 57.9. The van der Waals surface area contributed by atoms with Crippen LogP contribution in [0.2, 0.25) is 0 Å². The van der Waals surface area contributed by atoms with Gasteiger partial charge in [-0.2, -0.15) is 0 Å². The van der Waals surface area contributed by atoms with E-state index in [2.05, 4.69) is 13.8 Å². The highest BCUT2D eigenvalue weighted by Gasteiger charge is 3.35. The molecule has 380 valence electrons. The Labute approximate surface area is 457 Å². The smallest absolute Gasteiger partial charge is 0.0150 e. The Bertz CT molecular complexity index is 4410. The van der Waals surface area contributed by atoms with Gasteiger partial charge in [0, 0.05) is 0 Å². The fourth-order valence-corrected chi connectivity index (χ4v) is 64.5. The standard InChI is InChI=1S/C79H64/c1-59(2)33-9-11-37-63(11)12(10-34(59)62(9,10)33)38(63)75(37)41-17-19-45-67(19)20(18-42(75)66(17,18)41)46(67)77(45)49-25-27-53-71(27)28(26-50(77)70(25,26)49)54(71)79(53)57-31-29-55-72(29)30(32-58(79)73(31,32)57)56(72)78(55)51-23-21-47-68(21)22(24-52(78)69(23,24)51)48(68)76(47)43-15-13-39-64(13)14(16-44(76)65(15,16)43)40(64)74(39)35-7-5-3-60(5)4-6(60)8-36(74)61(7,8)35/h5-58H,3-4H2,1-2H3. The highest BCUT2D eigenvalue weighted by Crippen LogP contribution is 3.37. The predicted molar refractivity (Wildman–Crippen MR) is 260 cm³/mol. The molecule has 0 saturated heterocycles. The zero-order chi connectivity index (χ0) is 45.1. The molecule has 79 heavy (non-hydrogen) atoms. The number of fused-ring (bicyclic) bond motifs is 64. The lowest BCUT2D eigenvalue weighted by molar-refractivity contribution is -0.0418. The Hall–Kier alpha value is 0. The summed E-state index contributed by atoms with van der Waals surface area (Å²) in [6.07, 6.45) is 3.52. The van der Waals surface area contributed by atoms with Gasteiger partial charge in [0.25, 0.3) is 0 Å². The fourth-order valence-electron chi connectivity index (χ4n) is 64.5. The molecule has 48 aliphatic carbocycles.